The van der Waals surface area contributed by atoms with E-state index in [0.717, 1.165) is 11.3 Å². The van der Waals surface area contributed by atoms with E-state index in [1.54, 1.807) is 19.3 Å². The molecule has 0 saturated carbocycles. The van der Waals surface area contributed by atoms with Gasteiger partial charge in [-0.15, -0.1) is 0 Å². The Morgan fingerprint density at radius 1 is 1.77 bits per heavy atom. The van der Waals surface area contributed by atoms with Crippen LogP contribution in [0.3, 0.4) is 0 Å². The first-order valence-corrected chi connectivity index (χ1v) is 3.99. The van der Waals surface area contributed by atoms with E-state index in [1.807, 2.05) is 0 Å². The lowest BCUT2D eigenvalue weighted by molar-refractivity contribution is 0.618. The normalized spacial score (nSPS) is 9.38. The topological polar surface area (TPSA) is 60.2 Å². The molecular weight excluding hydrogens is 186 g/mol. The summed E-state index contributed by atoms with van der Waals surface area (Å²) >= 11 is 3.64. The van der Waals surface area contributed by atoms with Crippen molar-refractivity contribution in [3.05, 3.63) is 24.4 Å². The van der Waals surface area contributed by atoms with Crippen LogP contribution in [0.15, 0.2) is 18.8 Å². The Morgan fingerprint density at radius 3 is 3.00 bits per heavy atom. The molecule has 0 aliphatic carbocycles. The number of nitrogens with one attached hydrogen (secondary N) is 1. The molecule has 3 N–H and O–H groups in total. The maximum Gasteiger partial charge on any atom is 0.146 e. The SMILES string of the molecule is C=C(OS)c1cnc(N)c(NC)c1. The van der Waals surface area contributed by atoms with Gasteiger partial charge in [0.1, 0.15) is 11.6 Å². The number of thiol groups is 1. The molecule has 1 aromatic rings. The van der Waals surface area contributed by atoms with Crippen molar-refractivity contribution in [3.63, 3.8) is 0 Å². The number of nitrogens with two attached hydrogens (primary N) is 1. The largest absolute Gasteiger partial charge is 0.429 e. The van der Waals surface area contributed by atoms with Gasteiger partial charge in [0.05, 0.1) is 5.69 Å². The molecule has 0 unspecified atom stereocenters. The first kappa shape index (κ1) is 9.73. The minimum absolute atomic E-state index is 0.437. The van der Waals surface area contributed by atoms with Crippen LogP contribution in [0.1, 0.15) is 5.56 Å². The number of pyridine rings is 1. The Hall–Kier alpha value is -1.36. The molecule has 4 nitrogen and oxygen atoms in total. The minimum Gasteiger partial charge on any atom is -0.429 e. The first-order valence-electron chi connectivity index (χ1n) is 3.63. The van der Waals surface area contributed by atoms with Crippen molar-refractivity contribution in [1.82, 2.24) is 4.98 Å². The minimum atomic E-state index is 0.437. The smallest absolute Gasteiger partial charge is 0.146 e. The van der Waals surface area contributed by atoms with Crippen LogP contribution in [-0.4, -0.2) is 12.0 Å². The highest BCUT2D eigenvalue weighted by molar-refractivity contribution is 7.75. The van der Waals surface area contributed by atoms with Gasteiger partial charge in [-0.3, -0.25) is 0 Å². The third-order valence-electron chi connectivity index (χ3n) is 1.62. The molecule has 1 rings (SSSR count). The maximum absolute atomic E-state index is 5.58. The van der Waals surface area contributed by atoms with Crippen molar-refractivity contribution in [2.45, 2.75) is 0 Å². The molecule has 0 spiro atoms. The second kappa shape index (κ2) is 4.04. The van der Waals surface area contributed by atoms with E-state index in [2.05, 4.69) is 34.0 Å². The molecule has 1 heterocycles. The standard InChI is InChI=1S/C8H11N3OS/c1-5(12-13)6-3-7(10-2)8(9)11-4-6/h3-4,10,13H,1H2,2H3,(H2,9,11). The second-order valence-corrected chi connectivity index (χ2v) is 2.60. The molecule has 0 saturated heterocycles. The quantitative estimate of drug-likeness (QED) is 0.391. The van der Waals surface area contributed by atoms with Gasteiger partial charge in [-0.25, -0.2) is 4.98 Å². The fourth-order valence-electron chi connectivity index (χ4n) is 0.881. The monoisotopic (exact) mass is 197 g/mol. The van der Waals surface area contributed by atoms with Crippen LogP contribution in [0, 0.1) is 0 Å². The molecule has 70 valence electrons. The van der Waals surface area contributed by atoms with Crippen molar-refractivity contribution in [2.24, 2.45) is 0 Å². The predicted molar refractivity (Wildman–Crippen MR) is 57.3 cm³/mol. The number of nitrogen functional groups attached to an aromatic ring is 1. The summed E-state index contributed by atoms with van der Waals surface area (Å²) in [6.07, 6.45) is 1.58. The van der Waals surface area contributed by atoms with Crippen molar-refractivity contribution >= 4 is 30.2 Å². The van der Waals surface area contributed by atoms with E-state index in [9.17, 15) is 0 Å². The summed E-state index contributed by atoms with van der Waals surface area (Å²) in [6, 6.07) is 1.79. The van der Waals surface area contributed by atoms with Crippen LogP contribution in [0.5, 0.6) is 0 Å². The van der Waals surface area contributed by atoms with Gasteiger partial charge in [0.2, 0.25) is 0 Å². The molecule has 0 radical (unpaired) electrons. The van der Waals surface area contributed by atoms with Crippen LogP contribution < -0.4 is 11.1 Å². The van der Waals surface area contributed by atoms with E-state index in [-0.39, 0.29) is 0 Å². The summed E-state index contributed by atoms with van der Waals surface area (Å²) in [5.74, 6) is 0.880. The third-order valence-corrected chi connectivity index (χ3v) is 1.84. The fourth-order valence-corrected chi connectivity index (χ4v) is 0.986. The average molecular weight is 197 g/mol. The summed E-state index contributed by atoms with van der Waals surface area (Å²) in [5, 5.41) is 2.91. The van der Waals surface area contributed by atoms with Gasteiger partial charge in [0.25, 0.3) is 0 Å². The number of hydrogen-bond acceptors (Lipinski definition) is 5. The summed E-state index contributed by atoms with van der Waals surface area (Å²) in [6.45, 7) is 3.64. The molecule has 0 aliphatic rings. The number of aromatic nitrogens is 1. The zero-order valence-electron chi connectivity index (χ0n) is 7.24. The van der Waals surface area contributed by atoms with E-state index in [0.29, 0.717) is 11.6 Å². The molecular formula is C8H11N3OS. The Balaban J connectivity index is 3.06. The summed E-state index contributed by atoms with van der Waals surface area (Å²) < 4.78 is 4.67. The zero-order chi connectivity index (χ0) is 9.84. The lowest BCUT2D eigenvalue weighted by atomic mass is 10.2. The molecule has 0 fully saturated rings. The highest BCUT2D eigenvalue weighted by Crippen LogP contribution is 2.21. The average Bonchev–Trinajstić information content (AvgIpc) is 2.17. The molecule has 1 aromatic heterocycles. The lowest BCUT2D eigenvalue weighted by Gasteiger charge is -2.07. The number of anilines is 2. The fraction of sp³-hybridized carbons (Fsp3) is 0.125. The van der Waals surface area contributed by atoms with Crippen molar-refractivity contribution in [3.8, 4) is 0 Å². The molecule has 0 aliphatic heterocycles. The second-order valence-electron chi connectivity index (χ2n) is 2.42. The predicted octanol–water partition coefficient (Wildman–Crippen LogP) is 1.54. The van der Waals surface area contributed by atoms with Gasteiger partial charge in [0.15, 0.2) is 0 Å². The molecule has 5 heteroatoms. The van der Waals surface area contributed by atoms with Crippen LogP contribution in [0.25, 0.3) is 5.76 Å². The summed E-state index contributed by atoms with van der Waals surface area (Å²) in [7, 11) is 1.77. The zero-order valence-corrected chi connectivity index (χ0v) is 8.14. The maximum atomic E-state index is 5.58. The van der Waals surface area contributed by atoms with E-state index < -0.39 is 0 Å². The van der Waals surface area contributed by atoms with Gasteiger partial charge in [0, 0.05) is 31.7 Å². The van der Waals surface area contributed by atoms with Crippen LogP contribution >= 0.6 is 12.9 Å². The van der Waals surface area contributed by atoms with Gasteiger partial charge in [-0.2, -0.15) is 0 Å². The summed E-state index contributed by atoms with van der Waals surface area (Å²) in [4.78, 5) is 3.96. The van der Waals surface area contributed by atoms with Gasteiger partial charge in [-0.1, -0.05) is 6.58 Å². The Labute approximate surface area is 82.4 Å². The molecule has 0 atom stereocenters. The van der Waals surface area contributed by atoms with Gasteiger partial charge >= 0.3 is 0 Å². The molecule has 0 amide bonds. The van der Waals surface area contributed by atoms with Crippen LogP contribution in [0.2, 0.25) is 0 Å². The van der Waals surface area contributed by atoms with Crippen LogP contribution in [-0.2, 0) is 4.18 Å². The van der Waals surface area contributed by atoms with Crippen molar-refractivity contribution in [1.29, 1.82) is 0 Å². The Morgan fingerprint density at radius 2 is 2.46 bits per heavy atom. The first-order chi connectivity index (χ1) is 6.19. The summed E-state index contributed by atoms with van der Waals surface area (Å²) in [5.41, 5.74) is 7.06. The number of rotatable bonds is 3. The lowest BCUT2D eigenvalue weighted by Crippen LogP contribution is -1.99. The highest BCUT2D eigenvalue weighted by Gasteiger charge is 2.03. The van der Waals surface area contributed by atoms with E-state index in [4.69, 9.17) is 5.73 Å². The van der Waals surface area contributed by atoms with E-state index in [1.165, 1.54) is 0 Å². The van der Waals surface area contributed by atoms with Gasteiger partial charge in [-0.05, 0) is 6.07 Å². The van der Waals surface area contributed by atoms with Crippen LogP contribution in [0.4, 0.5) is 11.5 Å². The molecule has 13 heavy (non-hydrogen) atoms. The number of hydrogen-bond donors (Lipinski definition) is 3. The van der Waals surface area contributed by atoms with E-state index >= 15 is 0 Å². The Kier molecular flexibility index (Phi) is 3.02. The Bertz CT molecular complexity index is 327. The molecule has 0 aromatic carbocycles. The van der Waals surface area contributed by atoms with Gasteiger partial charge < -0.3 is 15.2 Å². The van der Waals surface area contributed by atoms with Crippen molar-refractivity contribution < 1.29 is 4.18 Å². The van der Waals surface area contributed by atoms with Crippen molar-refractivity contribution in [2.75, 3.05) is 18.1 Å². The highest BCUT2D eigenvalue weighted by atomic mass is 32.1. The number of nitrogens with zero attached hydrogens (tertiary/aromatic N) is 1. The third kappa shape index (κ3) is 2.06. The molecule has 0 bridgehead atoms.